The number of aryl methyl sites for hydroxylation is 2. The highest BCUT2D eigenvalue weighted by atomic mass is 35.5. The van der Waals surface area contributed by atoms with Gasteiger partial charge in [-0.1, -0.05) is 24.6 Å². The van der Waals surface area contributed by atoms with Crippen molar-refractivity contribution in [3.05, 3.63) is 77.0 Å². The Hall–Kier alpha value is -4.18. The SMILES string of the molecule is CCC(Nc1nc2ccc(Nc3cc(C)[nH]n3)cc2n1C)c1ccc(Oc2ncc(Cl)cn2)cc1F. The van der Waals surface area contributed by atoms with Gasteiger partial charge in [-0.15, -0.1) is 0 Å². The monoisotopic (exact) mass is 506 g/mol. The van der Waals surface area contributed by atoms with E-state index in [0.29, 0.717) is 28.7 Å². The quantitative estimate of drug-likeness (QED) is 0.227. The Bertz CT molecular complexity index is 1510. The van der Waals surface area contributed by atoms with Gasteiger partial charge in [-0.3, -0.25) is 5.10 Å². The summed E-state index contributed by atoms with van der Waals surface area (Å²) in [4.78, 5) is 12.7. The zero-order chi connectivity index (χ0) is 25.2. The number of anilines is 3. The van der Waals surface area contributed by atoms with Crippen LogP contribution >= 0.6 is 11.6 Å². The maximum absolute atomic E-state index is 15.1. The fourth-order valence-corrected chi connectivity index (χ4v) is 3.99. The Morgan fingerprint density at radius 1 is 1.14 bits per heavy atom. The number of rotatable bonds is 8. The van der Waals surface area contributed by atoms with Gasteiger partial charge in [-0.2, -0.15) is 5.10 Å². The zero-order valence-electron chi connectivity index (χ0n) is 19.9. The Morgan fingerprint density at radius 2 is 1.94 bits per heavy atom. The molecule has 36 heavy (non-hydrogen) atoms. The number of nitrogens with one attached hydrogen (secondary N) is 3. The topological polar surface area (TPSA) is 106 Å². The van der Waals surface area contributed by atoms with Crippen molar-refractivity contribution < 1.29 is 9.13 Å². The molecule has 3 aromatic heterocycles. The normalized spacial score (nSPS) is 12.0. The van der Waals surface area contributed by atoms with E-state index in [1.807, 2.05) is 49.7 Å². The standard InChI is InChI=1S/C25H24ClFN8O/c1-4-20(18-7-6-17(11-19(18)27)36-25-28-12-15(26)13-29-25)31-24-32-21-8-5-16(10-22(21)35(24)3)30-23-9-14(2)33-34-23/h5-13,20H,4H2,1-3H3,(H,31,32)(H2,30,33,34). The molecule has 0 aliphatic rings. The highest BCUT2D eigenvalue weighted by Gasteiger charge is 2.18. The summed E-state index contributed by atoms with van der Waals surface area (Å²) in [5.74, 6) is 1.27. The summed E-state index contributed by atoms with van der Waals surface area (Å²) in [5.41, 5.74) is 4.12. The molecule has 5 rings (SSSR count). The minimum Gasteiger partial charge on any atom is -0.424 e. The van der Waals surface area contributed by atoms with E-state index in [2.05, 4.69) is 30.8 Å². The predicted octanol–water partition coefficient (Wildman–Crippen LogP) is 6.29. The molecule has 0 amide bonds. The first-order valence-corrected chi connectivity index (χ1v) is 11.7. The molecule has 0 saturated carbocycles. The van der Waals surface area contributed by atoms with Crippen LogP contribution in [0.1, 0.15) is 30.6 Å². The van der Waals surface area contributed by atoms with Gasteiger partial charge >= 0.3 is 6.01 Å². The fourth-order valence-electron chi connectivity index (χ4n) is 3.89. The molecule has 11 heteroatoms. The molecule has 0 bridgehead atoms. The molecular formula is C25H24ClFN8O. The van der Waals surface area contributed by atoms with Gasteiger partial charge in [-0.25, -0.2) is 19.3 Å². The van der Waals surface area contributed by atoms with E-state index < -0.39 is 5.82 Å². The Morgan fingerprint density at radius 3 is 2.64 bits per heavy atom. The molecule has 0 fully saturated rings. The number of aromatic nitrogens is 6. The summed E-state index contributed by atoms with van der Waals surface area (Å²) in [6.45, 7) is 3.93. The van der Waals surface area contributed by atoms with Gasteiger partial charge in [-0.05, 0) is 37.6 Å². The zero-order valence-corrected chi connectivity index (χ0v) is 20.6. The highest BCUT2D eigenvalue weighted by molar-refractivity contribution is 6.30. The number of benzene rings is 2. The Balaban J connectivity index is 1.35. The Labute approximate surface area is 211 Å². The van der Waals surface area contributed by atoms with E-state index >= 15 is 4.39 Å². The van der Waals surface area contributed by atoms with Crippen molar-refractivity contribution in [2.75, 3.05) is 10.6 Å². The second kappa shape index (κ2) is 9.82. The first-order valence-electron chi connectivity index (χ1n) is 11.4. The van der Waals surface area contributed by atoms with E-state index in [0.717, 1.165) is 28.2 Å². The largest absolute Gasteiger partial charge is 0.424 e. The van der Waals surface area contributed by atoms with E-state index in [1.54, 1.807) is 12.1 Å². The number of hydrogen-bond acceptors (Lipinski definition) is 7. The number of halogens is 2. The molecule has 1 unspecified atom stereocenters. The molecule has 3 heterocycles. The molecule has 0 aliphatic carbocycles. The van der Waals surface area contributed by atoms with Gasteiger partial charge in [0.05, 0.1) is 34.5 Å². The van der Waals surface area contributed by atoms with Crippen LogP contribution in [0.5, 0.6) is 11.8 Å². The third-order valence-electron chi connectivity index (χ3n) is 5.72. The van der Waals surface area contributed by atoms with Crippen LogP contribution in [0, 0.1) is 12.7 Å². The summed E-state index contributed by atoms with van der Waals surface area (Å²) in [5, 5.41) is 14.2. The maximum Gasteiger partial charge on any atom is 0.321 e. The van der Waals surface area contributed by atoms with Gasteiger partial charge in [0, 0.05) is 36.1 Å². The average molecular weight is 507 g/mol. The second-order valence-electron chi connectivity index (χ2n) is 8.33. The summed E-state index contributed by atoms with van der Waals surface area (Å²) in [6, 6.07) is 12.3. The van der Waals surface area contributed by atoms with Crippen LogP contribution in [-0.2, 0) is 7.05 Å². The predicted molar refractivity (Wildman–Crippen MR) is 137 cm³/mol. The summed E-state index contributed by atoms with van der Waals surface area (Å²) < 4.78 is 22.6. The molecule has 3 N–H and O–H groups in total. The number of nitrogens with zero attached hydrogens (tertiary/aromatic N) is 5. The first kappa shape index (κ1) is 23.6. The number of aromatic amines is 1. The molecule has 0 spiro atoms. The first-order chi connectivity index (χ1) is 17.4. The highest BCUT2D eigenvalue weighted by Crippen LogP contribution is 2.30. The smallest absolute Gasteiger partial charge is 0.321 e. The Kier molecular flexibility index (Phi) is 6.43. The van der Waals surface area contributed by atoms with E-state index in [9.17, 15) is 0 Å². The number of hydrogen-bond donors (Lipinski definition) is 3. The van der Waals surface area contributed by atoms with Crippen LogP contribution in [0.15, 0.2) is 54.9 Å². The minimum atomic E-state index is -0.402. The third-order valence-corrected chi connectivity index (χ3v) is 5.92. The van der Waals surface area contributed by atoms with Crippen molar-refractivity contribution >= 4 is 40.1 Å². The number of fused-ring (bicyclic) bond motifs is 1. The van der Waals surface area contributed by atoms with Gasteiger partial charge in [0.2, 0.25) is 5.95 Å². The maximum atomic E-state index is 15.1. The molecule has 0 saturated heterocycles. The van der Waals surface area contributed by atoms with Crippen molar-refractivity contribution in [1.29, 1.82) is 0 Å². The van der Waals surface area contributed by atoms with Crippen LogP contribution in [0.4, 0.5) is 21.8 Å². The molecule has 9 nitrogen and oxygen atoms in total. The third kappa shape index (κ3) is 4.94. The lowest BCUT2D eigenvalue weighted by atomic mass is 10.0. The van der Waals surface area contributed by atoms with Crippen LogP contribution in [0.25, 0.3) is 11.0 Å². The van der Waals surface area contributed by atoms with E-state index in [1.165, 1.54) is 18.5 Å². The molecular weight excluding hydrogens is 483 g/mol. The number of ether oxygens (including phenoxy) is 1. The number of H-pyrrole nitrogens is 1. The van der Waals surface area contributed by atoms with Crippen LogP contribution in [-0.4, -0.2) is 29.7 Å². The summed E-state index contributed by atoms with van der Waals surface area (Å²) in [7, 11) is 1.92. The molecule has 184 valence electrons. The fraction of sp³-hybridized carbons (Fsp3) is 0.200. The molecule has 5 aromatic rings. The van der Waals surface area contributed by atoms with Gasteiger partial charge in [0.25, 0.3) is 0 Å². The van der Waals surface area contributed by atoms with Crippen molar-refractivity contribution in [1.82, 2.24) is 29.7 Å². The van der Waals surface area contributed by atoms with Crippen LogP contribution in [0.2, 0.25) is 5.02 Å². The summed E-state index contributed by atoms with van der Waals surface area (Å²) >= 11 is 5.80. The van der Waals surface area contributed by atoms with Crippen LogP contribution in [0.3, 0.4) is 0 Å². The van der Waals surface area contributed by atoms with Crippen LogP contribution < -0.4 is 15.4 Å². The van der Waals surface area contributed by atoms with E-state index in [4.69, 9.17) is 21.3 Å². The minimum absolute atomic E-state index is 0.0905. The number of imidazole rings is 1. The molecule has 2 aromatic carbocycles. The summed E-state index contributed by atoms with van der Waals surface area (Å²) in [6.07, 6.45) is 3.48. The second-order valence-corrected chi connectivity index (χ2v) is 8.77. The van der Waals surface area contributed by atoms with Crippen molar-refractivity contribution in [3.8, 4) is 11.8 Å². The van der Waals surface area contributed by atoms with Gasteiger partial charge < -0.3 is 19.9 Å². The van der Waals surface area contributed by atoms with Gasteiger partial charge in [0.1, 0.15) is 11.6 Å². The lowest BCUT2D eigenvalue weighted by molar-refractivity contribution is 0.436. The lowest BCUT2D eigenvalue weighted by Gasteiger charge is -2.19. The molecule has 0 aliphatic heterocycles. The molecule has 1 atom stereocenters. The van der Waals surface area contributed by atoms with Crippen molar-refractivity contribution in [3.63, 3.8) is 0 Å². The van der Waals surface area contributed by atoms with Gasteiger partial charge in [0.15, 0.2) is 5.82 Å². The van der Waals surface area contributed by atoms with E-state index in [-0.39, 0.29) is 12.1 Å². The molecule has 0 radical (unpaired) electrons. The lowest BCUT2D eigenvalue weighted by Crippen LogP contribution is -2.14. The van der Waals surface area contributed by atoms with Crippen molar-refractivity contribution in [2.24, 2.45) is 7.05 Å². The van der Waals surface area contributed by atoms with Crippen molar-refractivity contribution in [2.45, 2.75) is 26.3 Å². The average Bonchev–Trinajstić information content (AvgIpc) is 3.41.